The van der Waals surface area contributed by atoms with Gasteiger partial charge in [0.1, 0.15) is 5.75 Å². The van der Waals surface area contributed by atoms with Crippen LogP contribution in [0.2, 0.25) is 0 Å². The number of hydrogen-bond acceptors (Lipinski definition) is 3. The summed E-state index contributed by atoms with van der Waals surface area (Å²) in [5.74, 6) is 0.873. The van der Waals surface area contributed by atoms with Crippen molar-refractivity contribution in [2.45, 2.75) is 19.6 Å². The van der Waals surface area contributed by atoms with E-state index in [1.54, 1.807) is 14.0 Å². The van der Waals surface area contributed by atoms with Gasteiger partial charge in [-0.1, -0.05) is 24.3 Å². The molecule has 2 aromatic carbocycles. The van der Waals surface area contributed by atoms with Crippen molar-refractivity contribution in [2.24, 2.45) is 0 Å². The van der Waals surface area contributed by atoms with Crippen LogP contribution in [0.1, 0.15) is 24.2 Å². The van der Waals surface area contributed by atoms with Gasteiger partial charge in [-0.05, 0) is 42.3 Å². The molecule has 0 unspecified atom stereocenters. The second kappa shape index (κ2) is 6.44. The number of hydrogen-bond donors (Lipinski definition) is 1. The Labute approximate surface area is 120 Å². The predicted octanol–water partition coefficient (Wildman–Crippen LogP) is 3.38. The van der Waals surface area contributed by atoms with E-state index in [4.69, 9.17) is 4.74 Å². The molecule has 0 aliphatic rings. The fourth-order valence-corrected chi connectivity index (χ4v) is 2.10. The van der Waals surface area contributed by atoms with Crippen molar-refractivity contribution < 1.29 is 9.84 Å². The lowest BCUT2D eigenvalue weighted by atomic mass is 10.1. The van der Waals surface area contributed by atoms with E-state index in [1.807, 2.05) is 36.4 Å². The molecule has 20 heavy (non-hydrogen) atoms. The summed E-state index contributed by atoms with van der Waals surface area (Å²) in [4.78, 5) is 2.17. The maximum Gasteiger partial charge on any atom is 0.118 e. The lowest BCUT2D eigenvalue weighted by Crippen LogP contribution is -2.16. The zero-order valence-corrected chi connectivity index (χ0v) is 12.2. The molecule has 1 N–H and O–H groups in total. The summed E-state index contributed by atoms with van der Waals surface area (Å²) >= 11 is 0. The zero-order valence-electron chi connectivity index (χ0n) is 12.2. The van der Waals surface area contributed by atoms with Gasteiger partial charge in [0.25, 0.3) is 0 Å². The molecule has 1 atom stereocenters. The van der Waals surface area contributed by atoms with E-state index in [2.05, 4.69) is 24.1 Å². The van der Waals surface area contributed by atoms with Gasteiger partial charge in [-0.2, -0.15) is 0 Å². The van der Waals surface area contributed by atoms with E-state index in [0.29, 0.717) is 0 Å². The minimum atomic E-state index is -0.420. The molecular weight excluding hydrogens is 250 g/mol. The number of benzene rings is 2. The lowest BCUT2D eigenvalue weighted by molar-refractivity contribution is 0.199. The largest absolute Gasteiger partial charge is 0.497 e. The van der Waals surface area contributed by atoms with Crippen molar-refractivity contribution in [1.82, 2.24) is 0 Å². The van der Waals surface area contributed by atoms with Gasteiger partial charge in [0, 0.05) is 19.3 Å². The topological polar surface area (TPSA) is 32.7 Å². The third kappa shape index (κ3) is 3.52. The average Bonchev–Trinajstić information content (AvgIpc) is 2.48. The molecule has 2 aromatic rings. The van der Waals surface area contributed by atoms with Gasteiger partial charge in [0.2, 0.25) is 0 Å². The first-order chi connectivity index (χ1) is 9.60. The molecule has 0 aliphatic heterocycles. The van der Waals surface area contributed by atoms with Gasteiger partial charge in [-0.3, -0.25) is 0 Å². The maximum atomic E-state index is 9.51. The SMILES string of the molecule is COc1ccc(CN(C)c2ccc([C@@H](C)O)cc2)cc1. The molecule has 3 heteroatoms. The summed E-state index contributed by atoms with van der Waals surface area (Å²) < 4.78 is 5.16. The van der Waals surface area contributed by atoms with Gasteiger partial charge in [0.15, 0.2) is 0 Å². The second-order valence-corrected chi connectivity index (χ2v) is 4.97. The van der Waals surface area contributed by atoms with Crippen LogP contribution in [-0.4, -0.2) is 19.3 Å². The first-order valence-electron chi connectivity index (χ1n) is 6.72. The molecule has 0 aliphatic carbocycles. The van der Waals surface area contributed by atoms with Crippen molar-refractivity contribution in [3.05, 3.63) is 59.7 Å². The summed E-state index contributed by atoms with van der Waals surface area (Å²) in [6.07, 6.45) is -0.420. The molecule has 106 valence electrons. The van der Waals surface area contributed by atoms with Crippen molar-refractivity contribution in [2.75, 3.05) is 19.1 Å². The summed E-state index contributed by atoms with van der Waals surface area (Å²) in [6, 6.07) is 16.1. The first kappa shape index (κ1) is 14.4. The minimum Gasteiger partial charge on any atom is -0.497 e. The highest BCUT2D eigenvalue weighted by Crippen LogP contribution is 2.20. The Morgan fingerprint density at radius 3 is 2.15 bits per heavy atom. The number of methoxy groups -OCH3 is 1. The smallest absolute Gasteiger partial charge is 0.118 e. The molecule has 0 amide bonds. The molecule has 0 aromatic heterocycles. The van der Waals surface area contributed by atoms with E-state index in [0.717, 1.165) is 23.5 Å². The van der Waals surface area contributed by atoms with Crippen molar-refractivity contribution in [1.29, 1.82) is 0 Å². The highest BCUT2D eigenvalue weighted by Gasteiger charge is 2.04. The standard InChI is InChI=1S/C17H21NO2/c1-13(19)15-6-8-16(9-7-15)18(2)12-14-4-10-17(20-3)11-5-14/h4-11,13,19H,12H2,1-3H3/t13-/m1/s1. The summed E-state index contributed by atoms with van der Waals surface area (Å²) in [6.45, 7) is 2.61. The zero-order chi connectivity index (χ0) is 14.5. The molecular formula is C17H21NO2. The molecule has 0 heterocycles. The second-order valence-electron chi connectivity index (χ2n) is 4.97. The summed E-state index contributed by atoms with van der Waals surface area (Å²) in [7, 11) is 3.73. The Kier molecular flexibility index (Phi) is 4.64. The number of anilines is 1. The molecule has 0 bridgehead atoms. The molecule has 2 rings (SSSR count). The molecule has 3 nitrogen and oxygen atoms in total. The maximum absolute atomic E-state index is 9.51. The Bertz CT molecular complexity index is 532. The fraction of sp³-hybridized carbons (Fsp3) is 0.294. The number of aliphatic hydroxyl groups excluding tert-OH is 1. The van der Waals surface area contributed by atoms with Crippen LogP contribution in [0.25, 0.3) is 0 Å². The van der Waals surface area contributed by atoms with Crippen LogP contribution < -0.4 is 9.64 Å². The van der Waals surface area contributed by atoms with Gasteiger partial charge in [-0.15, -0.1) is 0 Å². The quantitative estimate of drug-likeness (QED) is 0.905. The Morgan fingerprint density at radius 2 is 1.65 bits per heavy atom. The number of aliphatic hydroxyl groups is 1. The van der Waals surface area contributed by atoms with Crippen molar-refractivity contribution in [3.8, 4) is 5.75 Å². The van der Waals surface area contributed by atoms with Crippen LogP contribution in [0.3, 0.4) is 0 Å². The molecule has 0 saturated heterocycles. The third-order valence-electron chi connectivity index (χ3n) is 3.40. The van der Waals surface area contributed by atoms with Crippen molar-refractivity contribution in [3.63, 3.8) is 0 Å². The van der Waals surface area contributed by atoms with E-state index in [1.165, 1.54) is 5.56 Å². The molecule has 0 saturated carbocycles. The Balaban J connectivity index is 2.04. The van der Waals surface area contributed by atoms with Crippen LogP contribution in [-0.2, 0) is 6.54 Å². The van der Waals surface area contributed by atoms with Gasteiger partial charge in [0.05, 0.1) is 13.2 Å². The third-order valence-corrected chi connectivity index (χ3v) is 3.40. The highest BCUT2D eigenvalue weighted by molar-refractivity contribution is 5.48. The number of nitrogens with zero attached hydrogens (tertiary/aromatic N) is 1. The minimum absolute atomic E-state index is 0.420. The van der Waals surface area contributed by atoms with Crippen LogP contribution in [0.5, 0.6) is 5.75 Å². The monoisotopic (exact) mass is 271 g/mol. The first-order valence-corrected chi connectivity index (χ1v) is 6.72. The van der Waals surface area contributed by atoms with E-state index in [-0.39, 0.29) is 0 Å². The molecule has 0 radical (unpaired) electrons. The lowest BCUT2D eigenvalue weighted by Gasteiger charge is -2.20. The Morgan fingerprint density at radius 1 is 1.05 bits per heavy atom. The predicted molar refractivity (Wildman–Crippen MR) is 82.2 cm³/mol. The summed E-state index contributed by atoms with van der Waals surface area (Å²) in [5.41, 5.74) is 3.30. The van der Waals surface area contributed by atoms with Gasteiger partial charge < -0.3 is 14.7 Å². The van der Waals surface area contributed by atoms with Crippen LogP contribution in [0, 0.1) is 0 Å². The van der Waals surface area contributed by atoms with E-state index < -0.39 is 6.10 Å². The summed E-state index contributed by atoms with van der Waals surface area (Å²) in [5, 5.41) is 9.51. The Hall–Kier alpha value is -2.00. The molecule has 0 spiro atoms. The van der Waals surface area contributed by atoms with Crippen molar-refractivity contribution >= 4 is 5.69 Å². The average molecular weight is 271 g/mol. The van der Waals surface area contributed by atoms with E-state index in [9.17, 15) is 5.11 Å². The number of ether oxygens (including phenoxy) is 1. The van der Waals surface area contributed by atoms with Crippen LogP contribution in [0.15, 0.2) is 48.5 Å². The fourth-order valence-electron chi connectivity index (χ4n) is 2.10. The van der Waals surface area contributed by atoms with Crippen LogP contribution in [0.4, 0.5) is 5.69 Å². The number of rotatable bonds is 5. The van der Waals surface area contributed by atoms with Gasteiger partial charge >= 0.3 is 0 Å². The van der Waals surface area contributed by atoms with Gasteiger partial charge in [-0.25, -0.2) is 0 Å². The highest BCUT2D eigenvalue weighted by atomic mass is 16.5. The van der Waals surface area contributed by atoms with Crippen LogP contribution >= 0.6 is 0 Å². The normalized spacial score (nSPS) is 12.0. The molecule has 0 fully saturated rings. The van der Waals surface area contributed by atoms with E-state index >= 15 is 0 Å².